The first kappa shape index (κ1) is 19.4. The van der Waals surface area contributed by atoms with Gasteiger partial charge in [0.15, 0.2) is 17.4 Å². The summed E-state index contributed by atoms with van der Waals surface area (Å²) in [5.41, 5.74) is 2.59. The molecule has 0 atom stereocenters. The van der Waals surface area contributed by atoms with Crippen LogP contribution in [0.15, 0.2) is 23.0 Å². The Hall–Kier alpha value is -2.34. The minimum Gasteiger partial charge on any atom is -0.494 e. The third-order valence-electron chi connectivity index (χ3n) is 5.11. The molecule has 0 fully saturated rings. The largest absolute Gasteiger partial charge is 0.494 e. The maximum atomic E-state index is 14.2. The van der Waals surface area contributed by atoms with Crippen molar-refractivity contribution in [1.29, 1.82) is 0 Å². The van der Waals surface area contributed by atoms with E-state index in [4.69, 9.17) is 16.3 Å². The number of ether oxygens (including phenoxy) is 1. The lowest BCUT2D eigenvalue weighted by Gasteiger charge is -2.14. The highest BCUT2D eigenvalue weighted by molar-refractivity contribution is 6.33. The molecule has 0 aliphatic carbocycles. The van der Waals surface area contributed by atoms with Crippen molar-refractivity contribution in [3.05, 3.63) is 50.7 Å². The van der Waals surface area contributed by atoms with Gasteiger partial charge in [-0.3, -0.25) is 9.36 Å². The minimum atomic E-state index is -0.562. The van der Waals surface area contributed by atoms with Crippen molar-refractivity contribution in [1.82, 2.24) is 14.2 Å². The summed E-state index contributed by atoms with van der Waals surface area (Å²) < 4.78 is 22.3. The van der Waals surface area contributed by atoms with E-state index in [-0.39, 0.29) is 22.2 Å². The van der Waals surface area contributed by atoms with Crippen molar-refractivity contribution in [2.45, 2.75) is 39.5 Å². The fourth-order valence-corrected chi connectivity index (χ4v) is 3.78. The van der Waals surface area contributed by atoms with Gasteiger partial charge in [-0.1, -0.05) is 25.4 Å². The Labute approximate surface area is 162 Å². The van der Waals surface area contributed by atoms with Crippen LogP contribution in [0.5, 0.6) is 5.75 Å². The van der Waals surface area contributed by atoms with Crippen LogP contribution in [0.2, 0.25) is 5.02 Å². The number of halogens is 2. The maximum absolute atomic E-state index is 14.2. The standard InChI is InChI=1S/C20H23ClFN3O2/c1-6-12(7-2)13-8-11(3)25-18(13)20(26)24(4)19(23-25)14-9-16(22)17(27-5)10-15(14)21/h8-10,12H,6-7H2,1-5H3. The third-order valence-corrected chi connectivity index (χ3v) is 5.42. The van der Waals surface area contributed by atoms with E-state index in [0.717, 1.165) is 24.1 Å². The second kappa shape index (κ2) is 7.35. The number of aryl methyl sites for hydroxylation is 1. The van der Waals surface area contributed by atoms with E-state index in [2.05, 4.69) is 18.9 Å². The number of nitrogens with zero attached hydrogens (tertiary/aromatic N) is 3. The highest BCUT2D eigenvalue weighted by Gasteiger charge is 2.22. The molecule has 0 bridgehead atoms. The van der Waals surface area contributed by atoms with Gasteiger partial charge in [0.05, 0.1) is 12.1 Å². The van der Waals surface area contributed by atoms with Gasteiger partial charge in [0, 0.05) is 24.4 Å². The first-order chi connectivity index (χ1) is 12.8. The molecule has 2 heterocycles. The first-order valence-corrected chi connectivity index (χ1v) is 9.34. The second-order valence-electron chi connectivity index (χ2n) is 6.67. The molecule has 1 aromatic carbocycles. The Morgan fingerprint density at radius 1 is 1.26 bits per heavy atom. The van der Waals surface area contributed by atoms with Gasteiger partial charge >= 0.3 is 0 Å². The van der Waals surface area contributed by atoms with Gasteiger partial charge in [-0.2, -0.15) is 0 Å². The Morgan fingerprint density at radius 2 is 1.93 bits per heavy atom. The van der Waals surface area contributed by atoms with Crippen molar-refractivity contribution < 1.29 is 9.13 Å². The van der Waals surface area contributed by atoms with Crippen LogP contribution < -0.4 is 10.3 Å². The maximum Gasteiger partial charge on any atom is 0.278 e. The average Bonchev–Trinajstić information content (AvgIpc) is 2.97. The van der Waals surface area contributed by atoms with Crippen LogP contribution >= 0.6 is 11.6 Å². The average molecular weight is 392 g/mol. The van der Waals surface area contributed by atoms with E-state index in [9.17, 15) is 9.18 Å². The Balaban J connectivity index is 2.32. The normalized spacial score (nSPS) is 11.6. The van der Waals surface area contributed by atoms with Gasteiger partial charge in [0.1, 0.15) is 5.52 Å². The van der Waals surface area contributed by atoms with Gasteiger partial charge in [0.2, 0.25) is 0 Å². The third kappa shape index (κ3) is 3.12. The zero-order valence-electron chi connectivity index (χ0n) is 16.1. The number of hydrogen-bond acceptors (Lipinski definition) is 3. The first-order valence-electron chi connectivity index (χ1n) is 8.96. The summed E-state index contributed by atoms with van der Waals surface area (Å²) in [7, 11) is 3.00. The molecule has 0 aliphatic rings. The molecule has 0 amide bonds. The predicted molar refractivity (Wildman–Crippen MR) is 105 cm³/mol. The molecule has 0 spiro atoms. The zero-order valence-corrected chi connectivity index (χ0v) is 16.9. The molecule has 0 unspecified atom stereocenters. The molecule has 3 aromatic rings. The molecule has 144 valence electrons. The molecule has 0 saturated heterocycles. The predicted octanol–water partition coefficient (Wildman–Crippen LogP) is 4.71. The monoisotopic (exact) mass is 391 g/mol. The van der Waals surface area contributed by atoms with Crippen LogP contribution in [-0.4, -0.2) is 21.3 Å². The molecule has 0 aliphatic heterocycles. The molecule has 3 rings (SSSR count). The molecule has 7 heteroatoms. The molecular weight excluding hydrogens is 369 g/mol. The summed E-state index contributed by atoms with van der Waals surface area (Å²) in [6.45, 7) is 6.13. The fourth-order valence-electron chi connectivity index (χ4n) is 3.54. The second-order valence-corrected chi connectivity index (χ2v) is 7.08. The lowest BCUT2D eigenvalue weighted by Crippen LogP contribution is -2.24. The Kier molecular flexibility index (Phi) is 5.29. The van der Waals surface area contributed by atoms with Gasteiger partial charge in [-0.05, 0) is 43.4 Å². The highest BCUT2D eigenvalue weighted by Crippen LogP contribution is 2.33. The smallest absolute Gasteiger partial charge is 0.278 e. The van der Waals surface area contributed by atoms with Crippen molar-refractivity contribution in [3.63, 3.8) is 0 Å². The van der Waals surface area contributed by atoms with Crippen molar-refractivity contribution >= 4 is 17.1 Å². The molecule has 27 heavy (non-hydrogen) atoms. The van der Waals surface area contributed by atoms with E-state index in [1.165, 1.54) is 23.8 Å². The molecular formula is C20H23ClFN3O2. The van der Waals surface area contributed by atoms with Gasteiger partial charge in [0.25, 0.3) is 5.56 Å². The van der Waals surface area contributed by atoms with Gasteiger partial charge < -0.3 is 4.74 Å². The summed E-state index contributed by atoms with van der Waals surface area (Å²) in [4.78, 5) is 13.2. The summed E-state index contributed by atoms with van der Waals surface area (Å²) >= 11 is 6.32. The summed E-state index contributed by atoms with van der Waals surface area (Å²) in [5.74, 6) is 0.0705. The Bertz CT molecular complexity index is 1070. The SMILES string of the molecule is CCC(CC)c1cc(C)n2nc(-c3cc(F)c(OC)cc3Cl)n(C)c(=O)c12. The van der Waals surface area contributed by atoms with E-state index in [1.807, 2.05) is 13.0 Å². The molecule has 2 aromatic heterocycles. The van der Waals surface area contributed by atoms with Crippen LogP contribution in [0.25, 0.3) is 16.9 Å². The fraction of sp³-hybridized carbons (Fsp3) is 0.400. The minimum absolute atomic E-state index is 0.0444. The number of aromatic nitrogens is 3. The van der Waals surface area contributed by atoms with E-state index in [1.54, 1.807) is 11.6 Å². The number of rotatable bonds is 5. The highest BCUT2D eigenvalue weighted by atomic mass is 35.5. The van der Waals surface area contributed by atoms with Crippen LogP contribution in [0.4, 0.5) is 4.39 Å². The summed E-state index contributed by atoms with van der Waals surface area (Å²) in [6, 6.07) is 4.65. The number of fused-ring (bicyclic) bond motifs is 1. The van der Waals surface area contributed by atoms with Crippen LogP contribution in [0.1, 0.15) is 43.9 Å². The summed E-state index contributed by atoms with van der Waals surface area (Å²) in [6.07, 6.45) is 1.88. The Morgan fingerprint density at radius 3 is 2.52 bits per heavy atom. The number of hydrogen-bond donors (Lipinski definition) is 0. The van der Waals surface area contributed by atoms with Crippen molar-refractivity contribution in [2.75, 3.05) is 7.11 Å². The zero-order chi connectivity index (χ0) is 19.9. The van der Waals surface area contributed by atoms with Crippen molar-refractivity contribution in [2.24, 2.45) is 7.05 Å². The van der Waals surface area contributed by atoms with E-state index < -0.39 is 5.82 Å². The van der Waals surface area contributed by atoms with Crippen LogP contribution in [-0.2, 0) is 7.05 Å². The quantitative estimate of drug-likeness (QED) is 0.632. The van der Waals surface area contributed by atoms with Crippen LogP contribution in [0, 0.1) is 12.7 Å². The van der Waals surface area contributed by atoms with E-state index >= 15 is 0 Å². The van der Waals surface area contributed by atoms with E-state index in [0.29, 0.717) is 16.9 Å². The van der Waals surface area contributed by atoms with Crippen LogP contribution in [0.3, 0.4) is 0 Å². The number of benzene rings is 1. The molecule has 0 radical (unpaired) electrons. The van der Waals surface area contributed by atoms with Gasteiger partial charge in [-0.15, -0.1) is 5.10 Å². The van der Waals surface area contributed by atoms with Crippen molar-refractivity contribution in [3.8, 4) is 17.1 Å². The number of methoxy groups -OCH3 is 1. The molecule has 0 N–H and O–H groups in total. The topological polar surface area (TPSA) is 48.5 Å². The molecule has 0 saturated carbocycles. The summed E-state index contributed by atoms with van der Waals surface area (Å²) in [5, 5.41) is 4.89. The lowest BCUT2D eigenvalue weighted by atomic mass is 9.95. The van der Waals surface area contributed by atoms with Gasteiger partial charge in [-0.25, -0.2) is 8.91 Å². The molecule has 5 nitrogen and oxygen atoms in total. The lowest BCUT2D eigenvalue weighted by molar-refractivity contribution is 0.386.